The second kappa shape index (κ2) is 12.3. The van der Waals surface area contributed by atoms with Gasteiger partial charge in [-0.1, -0.05) is 18.2 Å². The fraction of sp³-hybridized carbons (Fsp3) is 0.267. The third-order valence-electron chi connectivity index (χ3n) is 7.36. The SMILES string of the molecule is Cn1cc(-c2ccnc(Nc3ccc(C(=O)NCCCn4cnc([N+](=O)[O-])c4)c(N4CCOCC4)c3)n2)c2ccccc21. The van der Waals surface area contributed by atoms with Gasteiger partial charge in [0, 0.05) is 67.8 Å². The van der Waals surface area contributed by atoms with E-state index in [1.807, 2.05) is 37.4 Å². The van der Waals surface area contributed by atoms with Crippen LogP contribution in [0.5, 0.6) is 0 Å². The Morgan fingerprint density at radius 3 is 2.74 bits per heavy atom. The second-order valence-corrected chi connectivity index (χ2v) is 10.2. The summed E-state index contributed by atoms with van der Waals surface area (Å²) >= 11 is 0. The molecule has 5 aromatic rings. The third-order valence-corrected chi connectivity index (χ3v) is 7.36. The van der Waals surface area contributed by atoms with Crippen LogP contribution in [-0.4, -0.2) is 67.8 Å². The molecule has 6 rings (SSSR count). The van der Waals surface area contributed by atoms with Gasteiger partial charge in [-0.3, -0.25) is 4.79 Å². The Balaban J connectivity index is 1.18. The van der Waals surface area contributed by atoms with Crippen LogP contribution < -0.4 is 15.5 Å². The summed E-state index contributed by atoms with van der Waals surface area (Å²) in [5.74, 6) is 0.0627. The van der Waals surface area contributed by atoms with Crippen LogP contribution in [0.3, 0.4) is 0 Å². The topological polar surface area (TPSA) is 145 Å². The standard InChI is InChI=1S/C30H31N9O4/c1-36-18-24(22-5-2-3-6-26(22)36)25-9-11-32-30(35-25)34-21-7-8-23(27(17-21)38-13-15-43-16-14-38)29(40)31-10-4-12-37-19-28(33-20-37)39(41)42/h2-3,5-9,11,17-20H,4,10,12-16H2,1H3,(H,31,40)(H,32,34,35). The van der Waals surface area contributed by atoms with Crippen molar-refractivity contribution >= 4 is 40.0 Å². The first-order chi connectivity index (χ1) is 21.0. The summed E-state index contributed by atoms with van der Waals surface area (Å²) in [6.07, 6.45) is 7.20. The quantitative estimate of drug-likeness (QED) is 0.141. The zero-order chi connectivity index (χ0) is 29.8. The van der Waals surface area contributed by atoms with Gasteiger partial charge in [0.1, 0.15) is 6.20 Å². The van der Waals surface area contributed by atoms with Crippen LogP contribution >= 0.6 is 0 Å². The van der Waals surface area contributed by atoms with E-state index >= 15 is 0 Å². The largest absolute Gasteiger partial charge is 0.381 e. The van der Waals surface area contributed by atoms with E-state index in [1.54, 1.807) is 16.8 Å². The van der Waals surface area contributed by atoms with Gasteiger partial charge >= 0.3 is 5.82 Å². The van der Waals surface area contributed by atoms with Crippen molar-refractivity contribution < 1.29 is 14.5 Å². The number of hydrogen-bond acceptors (Lipinski definition) is 9. The molecule has 0 atom stereocenters. The first-order valence-corrected chi connectivity index (χ1v) is 14.0. The van der Waals surface area contributed by atoms with Crippen LogP contribution in [0.25, 0.3) is 22.2 Å². The van der Waals surface area contributed by atoms with E-state index in [0.717, 1.165) is 33.5 Å². The Hall–Kier alpha value is -5.30. The molecule has 0 unspecified atom stereocenters. The minimum atomic E-state index is -0.530. The summed E-state index contributed by atoms with van der Waals surface area (Å²) in [5.41, 5.74) is 5.06. The number of imidazole rings is 1. The molecular weight excluding hydrogens is 550 g/mol. The van der Waals surface area contributed by atoms with Crippen LogP contribution in [0.2, 0.25) is 0 Å². The zero-order valence-corrected chi connectivity index (χ0v) is 23.6. The van der Waals surface area contributed by atoms with E-state index in [2.05, 4.69) is 48.4 Å². The number of nitrogens with one attached hydrogen (secondary N) is 2. The third kappa shape index (κ3) is 6.16. The Bertz CT molecular complexity index is 1770. The molecule has 13 nitrogen and oxygen atoms in total. The molecule has 0 spiro atoms. The number of benzene rings is 2. The first kappa shape index (κ1) is 27.8. The second-order valence-electron chi connectivity index (χ2n) is 10.2. The van der Waals surface area contributed by atoms with Gasteiger partial charge in [0.05, 0.1) is 30.2 Å². The Morgan fingerprint density at radius 1 is 1.09 bits per heavy atom. The van der Waals surface area contributed by atoms with Crippen molar-refractivity contribution in [2.75, 3.05) is 43.1 Å². The highest BCUT2D eigenvalue weighted by molar-refractivity contribution is 6.00. The molecule has 0 aliphatic carbocycles. The van der Waals surface area contributed by atoms with Gasteiger partial charge in [0.15, 0.2) is 0 Å². The van der Waals surface area contributed by atoms with Crippen LogP contribution in [0, 0.1) is 10.1 Å². The Labute approximate surface area is 247 Å². The van der Waals surface area contributed by atoms with Crippen LogP contribution in [0.15, 0.2) is 73.4 Å². The van der Waals surface area contributed by atoms with E-state index in [-0.39, 0.29) is 11.7 Å². The highest BCUT2D eigenvalue weighted by atomic mass is 16.6. The van der Waals surface area contributed by atoms with Gasteiger partial charge in [-0.15, -0.1) is 0 Å². The highest BCUT2D eigenvalue weighted by Gasteiger charge is 2.20. The van der Waals surface area contributed by atoms with Crippen molar-refractivity contribution in [1.82, 2.24) is 29.4 Å². The predicted molar refractivity (Wildman–Crippen MR) is 163 cm³/mol. The molecular formula is C30H31N9O4. The molecule has 220 valence electrons. The number of carbonyl (C=O) groups is 1. The maximum absolute atomic E-state index is 13.3. The number of ether oxygens (including phenoxy) is 1. The van der Waals surface area contributed by atoms with Crippen LogP contribution in [0.4, 0.5) is 23.1 Å². The van der Waals surface area contributed by atoms with Gasteiger partial charge in [0.25, 0.3) is 5.91 Å². The average molecular weight is 582 g/mol. The molecule has 0 bridgehead atoms. The van der Waals surface area contributed by atoms with Crippen molar-refractivity contribution in [2.24, 2.45) is 7.05 Å². The summed E-state index contributed by atoms with van der Waals surface area (Å²) in [4.78, 5) is 38.7. The number of anilines is 3. The van der Waals surface area contributed by atoms with E-state index in [4.69, 9.17) is 9.72 Å². The molecule has 0 radical (unpaired) electrons. The van der Waals surface area contributed by atoms with E-state index in [1.165, 1.54) is 12.5 Å². The summed E-state index contributed by atoms with van der Waals surface area (Å²) in [6.45, 7) is 3.38. The maximum Gasteiger partial charge on any atom is 0.381 e. The van der Waals surface area contributed by atoms with E-state index in [0.29, 0.717) is 57.3 Å². The van der Waals surface area contributed by atoms with Gasteiger partial charge in [-0.05, 0) is 46.7 Å². The number of aryl methyl sites for hydroxylation is 2. The summed E-state index contributed by atoms with van der Waals surface area (Å²) < 4.78 is 9.27. The number of carbonyl (C=O) groups excluding carboxylic acids is 1. The number of aromatic nitrogens is 5. The number of morpholine rings is 1. The fourth-order valence-corrected chi connectivity index (χ4v) is 5.23. The summed E-state index contributed by atoms with van der Waals surface area (Å²) in [6, 6.07) is 15.7. The number of para-hydroxylation sites is 1. The van der Waals surface area contributed by atoms with Gasteiger partial charge in [-0.2, -0.15) is 0 Å². The Kier molecular flexibility index (Phi) is 7.96. The number of amides is 1. The molecule has 13 heteroatoms. The van der Waals surface area contributed by atoms with Crippen molar-refractivity contribution in [3.05, 3.63) is 89.1 Å². The molecule has 2 aromatic carbocycles. The van der Waals surface area contributed by atoms with E-state index in [9.17, 15) is 14.9 Å². The lowest BCUT2D eigenvalue weighted by Crippen LogP contribution is -2.38. The zero-order valence-electron chi connectivity index (χ0n) is 23.6. The maximum atomic E-state index is 13.3. The van der Waals surface area contributed by atoms with Crippen molar-refractivity contribution in [1.29, 1.82) is 0 Å². The van der Waals surface area contributed by atoms with Crippen molar-refractivity contribution in [2.45, 2.75) is 13.0 Å². The van der Waals surface area contributed by atoms with Crippen molar-refractivity contribution in [3.63, 3.8) is 0 Å². The molecule has 4 heterocycles. The number of fused-ring (bicyclic) bond motifs is 1. The molecule has 2 N–H and O–H groups in total. The molecule has 1 aliphatic heterocycles. The van der Waals surface area contributed by atoms with Crippen LogP contribution in [0.1, 0.15) is 16.8 Å². The average Bonchev–Trinajstić information content (AvgIpc) is 3.65. The monoisotopic (exact) mass is 581 g/mol. The number of rotatable bonds is 10. The van der Waals surface area contributed by atoms with Crippen molar-refractivity contribution in [3.8, 4) is 11.3 Å². The number of nitro groups is 1. The molecule has 1 saturated heterocycles. The molecule has 43 heavy (non-hydrogen) atoms. The number of nitrogens with zero attached hydrogens (tertiary/aromatic N) is 7. The predicted octanol–water partition coefficient (Wildman–Crippen LogP) is 4.14. The molecule has 0 saturated carbocycles. The molecule has 1 amide bonds. The lowest BCUT2D eigenvalue weighted by Gasteiger charge is -2.30. The minimum Gasteiger partial charge on any atom is -0.378 e. The van der Waals surface area contributed by atoms with Gasteiger partial charge < -0.3 is 39.5 Å². The molecule has 3 aromatic heterocycles. The van der Waals surface area contributed by atoms with Crippen LogP contribution in [-0.2, 0) is 18.3 Å². The normalized spacial score (nSPS) is 13.3. The Morgan fingerprint density at radius 2 is 1.93 bits per heavy atom. The highest BCUT2D eigenvalue weighted by Crippen LogP contribution is 2.31. The summed E-state index contributed by atoms with van der Waals surface area (Å²) in [7, 11) is 2.02. The first-order valence-electron chi connectivity index (χ1n) is 14.0. The summed E-state index contributed by atoms with van der Waals surface area (Å²) in [5, 5.41) is 18.3. The lowest BCUT2D eigenvalue weighted by molar-refractivity contribution is -0.389. The van der Waals surface area contributed by atoms with Gasteiger partial charge in [-0.25, -0.2) is 9.97 Å². The minimum absolute atomic E-state index is 0.196. The molecule has 1 fully saturated rings. The molecule has 1 aliphatic rings. The fourth-order valence-electron chi connectivity index (χ4n) is 5.23. The van der Waals surface area contributed by atoms with Gasteiger partial charge in [0.2, 0.25) is 12.3 Å². The lowest BCUT2D eigenvalue weighted by atomic mass is 10.1. The van der Waals surface area contributed by atoms with E-state index < -0.39 is 4.92 Å². The number of hydrogen-bond donors (Lipinski definition) is 2. The smallest absolute Gasteiger partial charge is 0.378 e.